The van der Waals surface area contributed by atoms with Crippen LogP contribution in [0.1, 0.15) is 36.6 Å². The van der Waals surface area contributed by atoms with Crippen molar-refractivity contribution in [3.63, 3.8) is 0 Å². The van der Waals surface area contributed by atoms with Crippen LogP contribution in [0.25, 0.3) is 0 Å². The summed E-state index contributed by atoms with van der Waals surface area (Å²) in [4.78, 5) is 0. The number of aromatic nitrogens is 2. The van der Waals surface area contributed by atoms with E-state index in [1.54, 1.807) is 22.9 Å². The number of hydrogen-bond acceptors (Lipinski definition) is 3. The van der Waals surface area contributed by atoms with Gasteiger partial charge in [0.15, 0.2) is 0 Å². The topological polar surface area (TPSA) is 50.1 Å². The van der Waals surface area contributed by atoms with Crippen molar-refractivity contribution >= 4 is 23.2 Å². The summed E-state index contributed by atoms with van der Waals surface area (Å²) in [5, 5.41) is 18.8. The molecular formula is C15H19Cl2N3O. The average molecular weight is 328 g/mol. The first kappa shape index (κ1) is 16.3. The fraction of sp³-hybridized carbons (Fsp3) is 0.400. The maximum atomic E-state index is 10.3. The second kappa shape index (κ2) is 7.27. The maximum absolute atomic E-state index is 10.3. The molecular weight excluding hydrogens is 309 g/mol. The quantitative estimate of drug-likeness (QED) is 0.853. The number of benzene rings is 1. The van der Waals surface area contributed by atoms with E-state index in [9.17, 15) is 5.11 Å². The van der Waals surface area contributed by atoms with Crippen molar-refractivity contribution in [2.75, 3.05) is 6.54 Å². The number of aliphatic hydroxyl groups excluding tert-OH is 1. The molecule has 0 saturated carbocycles. The predicted octanol–water partition coefficient (Wildman–Crippen LogP) is 3.50. The fourth-order valence-electron chi connectivity index (χ4n) is 2.26. The number of nitrogens with zero attached hydrogens (tertiary/aromatic N) is 2. The first-order valence-electron chi connectivity index (χ1n) is 6.85. The van der Waals surface area contributed by atoms with Gasteiger partial charge in [-0.1, -0.05) is 30.1 Å². The Hall–Kier alpha value is -1.07. The van der Waals surface area contributed by atoms with Crippen LogP contribution in [0, 0.1) is 0 Å². The number of nitrogens with one attached hydrogen (secondary N) is 1. The third kappa shape index (κ3) is 4.45. The second-order valence-corrected chi connectivity index (χ2v) is 5.91. The highest BCUT2D eigenvalue weighted by Gasteiger charge is 2.14. The van der Waals surface area contributed by atoms with Crippen molar-refractivity contribution in [3.05, 3.63) is 51.8 Å². The molecule has 0 bridgehead atoms. The van der Waals surface area contributed by atoms with Gasteiger partial charge in [0.1, 0.15) is 0 Å². The lowest BCUT2D eigenvalue weighted by Gasteiger charge is -2.19. The summed E-state index contributed by atoms with van der Waals surface area (Å²) < 4.78 is 1.77. The monoisotopic (exact) mass is 327 g/mol. The highest BCUT2D eigenvalue weighted by Crippen LogP contribution is 2.24. The number of hydrogen-bond donors (Lipinski definition) is 2. The third-order valence-corrected chi connectivity index (χ3v) is 3.80. The van der Waals surface area contributed by atoms with Gasteiger partial charge in [-0.2, -0.15) is 5.10 Å². The molecule has 0 saturated heterocycles. The average Bonchev–Trinajstić information content (AvgIpc) is 2.84. The summed E-state index contributed by atoms with van der Waals surface area (Å²) in [7, 11) is 1.89. The van der Waals surface area contributed by atoms with Crippen molar-refractivity contribution in [3.8, 4) is 0 Å². The molecule has 0 spiro atoms. The SMILES string of the molecule is CCC(NCC(O)c1cc(Cl)cc(Cl)c1)c1cnn(C)c1. The zero-order valence-electron chi connectivity index (χ0n) is 12.1. The summed E-state index contributed by atoms with van der Waals surface area (Å²) in [6.45, 7) is 2.51. The lowest BCUT2D eigenvalue weighted by atomic mass is 10.1. The number of rotatable bonds is 6. The first-order chi connectivity index (χ1) is 9.99. The molecule has 6 heteroatoms. The molecule has 0 aliphatic carbocycles. The Morgan fingerprint density at radius 3 is 2.43 bits per heavy atom. The minimum Gasteiger partial charge on any atom is -0.387 e. The first-order valence-corrected chi connectivity index (χ1v) is 7.61. The predicted molar refractivity (Wildman–Crippen MR) is 85.7 cm³/mol. The van der Waals surface area contributed by atoms with Crippen LogP contribution in [0.3, 0.4) is 0 Å². The molecule has 2 aromatic rings. The van der Waals surface area contributed by atoms with Crippen LogP contribution < -0.4 is 5.32 Å². The van der Waals surface area contributed by atoms with E-state index in [1.165, 1.54) is 0 Å². The van der Waals surface area contributed by atoms with Gasteiger partial charge in [0.05, 0.1) is 12.3 Å². The van der Waals surface area contributed by atoms with Gasteiger partial charge in [0.2, 0.25) is 0 Å². The minimum absolute atomic E-state index is 0.156. The highest BCUT2D eigenvalue weighted by molar-refractivity contribution is 6.34. The van der Waals surface area contributed by atoms with Gasteiger partial charge in [0, 0.05) is 41.4 Å². The normalized spacial score (nSPS) is 14.1. The van der Waals surface area contributed by atoms with Crippen LogP contribution >= 0.6 is 23.2 Å². The minimum atomic E-state index is -0.660. The van der Waals surface area contributed by atoms with Gasteiger partial charge in [-0.15, -0.1) is 0 Å². The van der Waals surface area contributed by atoms with Crippen molar-refractivity contribution in [1.29, 1.82) is 0 Å². The van der Waals surface area contributed by atoms with E-state index in [0.717, 1.165) is 12.0 Å². The summed E-state index contributed by atoms with van der Waals surface area (Å²) in [6, 6.07) is 5.26. The largest absolute Gasteiger partial charge is 0.387 e. The van der Waals surface area contributed by atoms with Gasteiger partial charge in [-0.3, -0.25) is 4.68 Å². The Kier molecular flexibility index (Phi) is 5.65. The summed E-state index contributed by atoms with van der Waals surface area (Å²) in [5.41, 5.74) is 1.82. The zero-order chi connectivity index (χ0) is 15.4. The highest BCUT2D eigenvalue weighted by atomic mass is 35.5. The number of aryl methyl sites for hydroxylation is 1. The summed E-state index contributed by atoms with van der Waals surface area (Å²) in [6.07, 6.45) is 4.06. The Morgan fingerprint density at radius 1 is 1.24 bits per heavy atom. The molecule has 1 aromatic heterocycles. The molecule has 2 unspecified atom stereocenters. The van der Waals surface area contributed by atoms with E-state index in [4.69, 9.17) is 23.2 Å². The van der Waals surface area contributed by atoms with E-state index in [2.05, 4.69) is 17.3 Å². The van der Waals surface area contributed by atoms with Crippen molar-refractivity contribution < 1.29 is 5.11 Å². The Balaban J connectivity index is 2.00. The van der Waals surface area contributed by atoms with Gasteiger partial charge in [0.25, 0.3) is 0 Å². The van der Waals surface area contributed by atoms with Crippen LogP contribution in [-0.4, -0.2) is 21.4 Å². The standard InChI is InChI=1S/C15H19Cl2N3O/c1-3-14(11-7-19-20(2)9-11)18-8-15(21)10-4-12(16)6-13(17)5-10/h4-7,9,14-15,18,21H,3,8H2,1-2H3. The van der Waals surface area contributed by atoms with E-state index in [1.807, 2.05) is 19.4 Å². The molecule has 0 radical (unpaired) electrons. The van der Waals surface area contributed by atoms with Crippen molar-refractivity contribution in [2.24, 2.45) is 7.05 Å². The third-order valence-electron chi connectivity index (χ3n) is 3.36. The van der Waals surface area contributed by atoms with Crippen LogP contribution in [0.4, 0.5) is 0 Å². The maximum Gasteiger partial charge on any atom is 0.0915 e. The molecule has 0 amide bonds. The smallest absolute Gasteiger partial charge is 0.0915 e. The van der Waals surface area contributed by atoms with Crippen LogP contribution in [-0.2, 0) is 7.05 Å². The molecule has 1 heterocycles. The molecule has 4 nitrogen and oxygen atoms in total. The molecule has 2 N–H and O–H groups in total. The number of aliphatic hydroxyl groups is 1. The Bertz CT molecular complexity index is 580. The summed E-state index contributed by atoms with van der Waals surface area (Å²) in [5.74, 6) is 0. The van der Waals surface area contributed by atoms with Crippen molar-refractivity contribution in [1.82, 2.24) is 15.1 Å². The second-order valence-electron chi connectivity index (χ2n) is 5.03. The van der Waals surface area contributed by atoms with Crippen LogP contribution in [0.2, 0.25) is 10.0 Å². The molecule has 21 heavy (non-hydrogen) atoms. The van der Waals surface area contributed by atoms with E-state index in [0.29, 0.717) is 22.2 Å². The van der Waals surface area contributed by atoms with Crippen LogP contribution in [0.15, 0.2) is 30.6 Å². The molecule has 0 fully saturated rings. The lowest BCUT2D eigenvalue weighted by Crippen LogP contribution is -2.26. The van der Waals surface area contributed by atoms with E-state index < -0.39 is 6.10 Å². The lowest BCUT2D eigenvalue weighted by molar-refractivity contribution is 0.169. The molecule has 114 valence electrons. The summed E-state index contributed by atoms with van der Waals surface area (Å²) >= 11 is 11.9. The van der Waals surface area contributed by atoms with Crippen LogP contribution in [0.5, 0.6) is 0 Å². The Morgan fingerprint density at radius 2 is 1.90 bits per heavy atom. The fourth-order valence-corrected chi connectivity index (χ4v) is 2.80. The zero-order valence-corrected chi connectivity index (χ0v) is 13.6. The Labute approximate surface area is 134 Å². The van der Waals surface area contributed by atoms with Gasteiger partial charge < -0.3 is 10.4 Å². The van der Waals surface area contributed by atoms with E-state index in [-0.39, 0.29) is 6.04 Å². The van der Waals surface area contributed by atoms with Gasteiger partial charge in [-0.05, 0) is 30.2 Å². The van der Waals surface area contributed by atoms with Gasteiger partial charge >= 0.3 is 0 Å². The number of halogens is 2. The molecule has 2 atom stereocenters. The van der Waals surface area contributed by atoms with E-state index >= 15 is 0 Å². The van der Waals surface area contributed by atoms with Crippen molar-refractivity contribution in [2.45, 2.75) is 25.5 Å². The molecule has 0 aliphatic rings. The van der Waals surface area contributed by atoms with Gasteiger partial charge in [-0.25, -0.2) is 0 Å². The molecule has 2 rings (SSSR count). The molecule has 1 aromatic carbocycles. The molecule has 0 aliphatic heterocycles.